The Balaban J connectivity index is 1.49. The molecule has 0 saturated heterocycles. The lowest BCUT2D eigenvalue weighted by Crippen LogP contribution is -2.41. The maximum Gasteiger partial charge on any atom is 0.248 e. The van der Waals surface area contributed by atoms with E-state index in [1.165, 1.54) is 5.56 Å². The van der Waals surface area contributed by atoms with Crippen molar-refractivity contribution in [2.75, 3.05) is 6.54 Å². The number of rotatable bonds is 4. The Bertz CT molecular complexity index is 887. The number of benzene rings is 2. The molecule has 3 N–H and O–H groups in total. The van der Waals surface area contributed by atoms with Gasteiger partial charge in [-0.15, -0.1) is 0 Å². The average molecular weight is 350 g/mol. The van der Waals surface area contributed by atoms with Crippen molar-refractivity contribution in [2.45, 2.75) is 37.6 Å². The minimum Gasteiger partial charge on any atom is -0.508 e. The number of nitrogens with zero attached hydrogens (tertiary/aromatic N) is 1. The van der Waals surface area contributed by atoms with Gasteiger partial charge in [0.1, 0.15) is 5.75 Å². The smallest absolute Gasteiger partial charge is 0.248 e. The molecule has 4 rings (SSSR count). The zero-order valence-electron chi connectivity index (χ0n) is 14.6. The highest BCUT2D eigenvalue weighted by molar-refractivity contribution is 5.94. The van der Waals surface area contributed by atoms with Gasteiger partial charge in [0.25, 0.3) is 0 Å². The predicted octanol–water partition coefficient (Wildman–Crippen LogP) is 2.50. The van der Waals surface area contributed by atoms with Crippen LogP contribution in [0, 0.1) is 0 Å². The minimum atomic E-state index is -0.461. The Morgan fingerprint density at radius 3 is 2.65 bits per heavy atom. The monoisotopic (exact) mass is 350 g/mol. The molecule has 0 atom stereocenters. The van der Waals surface area contributed by atoms with Gasteiger partial charge in [0.2, 0.25) is 11.8 Å². The van der Waals surface area contributed by atoms with Gasteiger partial charge in [-0.3, -0.25) is 9.59 Å². The standard InChI is InChI=1S/C21H22N2O3/c22-20(26)17-4-2-1-3-14(17)6-8-19(25)23-12-15-5-7-16(24)11-18(15)21(13-23)9-10-21/h1-5,7,11,24H,6,8-10,12-13H2,(H2,22,26). The van der Waals surface area contributed by atoms with Gasteiger partial charge < -0.3 is 15.7 Å². The van der Waals surface area contributed by atoms with Crippen molar-refractivity contribution >= 4 is 11.8 Å². The normalized spacial score (nSPS) is 17.0. The molecule has 0 bridgehead atoms. The lowest BCUT2D eigenvalue weighted by Gasteiger charge is -2.35. The van der Waals surface area contributed by atoms with Crippen molar-refractivity contribution in [1.82, 2.24) is 4.90 Å². The number of aryl methyl sites for hydroxylation is 1. The Morgan fingerprint density at radius 1 is 1.15 bits per heavy atom. The topological polar surface area (TPSA) is 83.6 Å². The molecule has 0 unspecified atom stereocenters. The average Bonchev–Trinajstić information content (AvgIpc) is 3.40. The lowest BCUT2D eigenvalue weighted by atomic mass is 9.86. The van der Waals surface area contributed by atoms with E-state index in [1.54, 1.807) is 18.2 Å². The van der Waals surface area contributed by atoms with E-state index in [1.807, 2.05) is 29.2 Å². The second-order valence-electron chi connectivity index (χ2n) is 7.39. The first kappa shape index (κ1) is 16.6. The number of phenolic OH excluding ortho intramolecular Hbond substituents is 1. The summed E-state index contributed by atoms with van der Waals surface area (Å²) in [6.07, 6.45) is 2.97. The third-order valence-electron chi connectivity index (χ3n) is 5.62. The van der Waals surface area contributed by atoms with E-state index in [-0.39, 0.29) is 17.1 Å². The Kier molecular flexibility index (Phi) is 3.94. The molecule has 2 aliphatic rings. The fourth-order valence-electron chi connectivity index (χ4n) is 4.04. The van der Waals surface area contributed by atoms with Crippen LogP contribution in [-0.4, -0.2) is 28.4 Å². The molecule has 1 saturated carbocycles. The first-order chi connectivity index (χ1) is 12.5. The third-order valence-corrected chi connectivity index (χ3v) is 5.62. The molecule has 26 heavy (non-hydrogen) atoms. The van der Waals surface area contributed by atoms with E-state index in [0.29, 0.717) is 31.5 Å². The van der Waals surface area contributed by atoms with Gasteiger partial charge >= 0.3 is 0 Å². The van der Waals surface area contributed by atoms with Crippen molar-refractivity contribution in [3.8, 4) is 5.75 Å². The fraction of sp³-hybridized carbons (Fsp3) is 0.333. The second-order valence-corrected chi connectivity index (χ2v) is 7.39. The van der Waals surface area contributed by atoms with Crippen molar-refractivity contribution in [2.24, 2.45) is 5.73 Å². The van der Waals surface area contributed by atoms with Gasteiger partial charge in [-0.2, -0.15) is 0 Å². The first-order valence-corrected chi connectivity index (χ1v) is 8.96. The number of amides is 2. The molecule has 2 aromatic carbocycles. The van der Waals surface area contributed by atoms with Crippen LogP contribution in [-0.2, 0) is 23.2 Å². The number of fused-ring (bicyclic) bond motifs is 2. The minimum absolute atomic E-state index is 0.0209. The Hall–Kier alpha value is -2.82. The maximum absolute atomic E-state index is 12.8. The largest absolute Gasteiger partial charge is 0.508 e. The highest BCUT2D eigenvalue weighted by Gasteiger charge is 2.49. The third kappa shape index (κ3) is 2.94. The second kappa shape index (κ2) is 6.16. The predicted molar refractivity (Wildman–Crippen MR) is 97.7 cm³/mol. The van der Waals surface area contributed by atoms with Gasteiger partial charge in [0, 0.05) is 30.5 Å². The molecule has 5 nitrogen and oxygen atoms in total. The molecule has 134 valence electrons. The summed E-state index contributed by atoms with van der Waals surface area (Å²) in [7, 11) is 0. The number of carbonyl (C=O) groups is 2. The van der Waals surface area contributed by atoms with Gasteiger partial charge in [0.15, 0.2) is 0 Å². The summed E-state index contributed by atoms with van der Waals surface area (Å²) < 4.78 is 0. The van der Waals surface area contributed by atoms with Crippen molar-refractivity contribution in [3.63, 3.8) is 0 Å². The number of nitrogens with two attached hydrogens (primary N) is 1. The zero-order chi connectivity index (χ0) is 18.3. The molecule has 0 radical (unpaired) electrons. The van der Waals surface area contributed by atoms with Crippen molar-refractivity contribution in [3.05, 3.63) is 64.7 Å². The van der Waals surface area contributed by atoms with Crippen LogP contribution in [0.4, 0.5) is 0 Å². The van der Waals surface area contributed by atoms with E-state index in [4.69, 9.17) is 5.73 Å². The Morgan fingerprint density at radius 2 is 1.92 bits per heavy atom. The quantitative estimate of drug-likeness (QED) is 0.889. The molecule has 1 fully saturated rings. The molecule has 1 aliphatic heterocycles. The molecule has 1 spiro atoms. The van der Waals surface area contributed by atoms with Crippen LogP contribution in [0.3, 0.4) is 0 Å². The van der Waals surface area contributed by atoms with Crippen LogP contribution in [0.2, 0.25) is 0 Å². The van der Waals surface area contributed by atoms with Gasteiger partial charge in [-0.05, 0) is 54.2 Å². The summed E-state index contributed by atoms with van der Waals surface area (Å²) in [4.78, 5) is 26.3. The number of phenols is 1. The zero-order valence-corrected chi connectivity index (χ0v) is 14.6. The van der Waals surface area contributed by atoms with Crippen LogP contribution < -0.4 is 5.73 Å². The van der Waals surface area contributed by atoms with E-state index in [9.17, 15) is 14.7 Å². The van der Waals surface area contributed by atoms with Gasteiger partial charge in [-0.25, -0.2) is 0 Å². The molecular weight excluding hydrogens is 328 g/mol. The molecular formula is C21H22N2O3. The highest BCUT2D eigenvalue weighted by atomic mass is 16.3. The summed E-state index contributed by atoms with van der Waals surface area (Å²) in [6, 6.07) is 12.6. The van der Waals surface area contributed by atoms with Crippen LogP contribution in [0.15, 0.2) is 42.5 Å². The molecule has 1 aliphatic carbocycles. The summed E-state index contributed by atoms with van der Waals surface area (Å²) in [5.41, 5.74) is 9.06. The van der Waals surface area contributed by atoms with Crippen LogP contribution in [0.1, 0.15) is 46.3 Å². The number of carbonyl (C=O) groups excluding carboxylic acids is 2. The van der Waals surface area contributed by atoms with Gasteiger partial charge in [-0.1, -0.05) is 24.3 Å². The van der Waals surface area contributed by atoms with Crippen molar-refractivity contribution < 1.29 is 14.7 Å². The summed E-state index contributed by atoms with van der Waals surface area (Å²) >= 11 is 0. The molecule has 1 heterocycles. The fourth-order valence-corrected chi connectivity index (χ4v) is 4.04. The Labute approximate surface area is 152 Å². The molecule has 2 aromatic rings. The number of hydrogen-bond acceptors (Lipinski definition) is 3. The number of primary amides is 1. The number of aromatic hydroxyl groups is 1. The van der Waals surface area contributed by atoms with E-state index in [0.717, 1.165) is 24.0 Å². The van der Waals surface area contributed by atoms with E-state index >= 15 is 0 Å². The van der Waals surface area contributed by atoms with E-state index < -0.39 is 5.91 Å². The SMILES string of the molecule is NC(=O)c1ccccc1CCC(=O)N1Cc2ccc(O)cc2C2(CC2)C1. The summed E-state index contributed by atoms with van der Waals surface area (Å²) in [6.45, 7) is 1.29. The summed E-state index contributed by atoms with van der Waals surface area (Å²) in [5.74, 6) is -0.0798. The highest BCUT2D eigenvalue weighted by Crippen LogP contribution is 2.53. The van der Waals surface area contributed by atoms with Crippen LogP contribution in [0.5, 0.6) is 5.75 Å². The summed E-state index contributed by atoms with van der Waals surface area (Å²) in [5, 5.41) is 9.79. The van der Waals surface area contributed by atoms with Crippen LogP contribution >= 0.6 is 0 Å². The number of hydrogen-bond donors (Lipinski definition) is 2. The lowest BCUT2D eigenvalue weighted by molar-refractivity contribution is -0.132. The van der Waals surface area contributed by atoms with Gasteiger partial charge in [0.05, 0.1) is 0 Å². The molecule has 2 amide bonds. The maximum atomic E-state index is 12.8. The van der Waals surface area contributed by atoms with Crippen molar-refractivity contribution in [1.29, 1.82) is 0 Å². The molecule has 5 heteroatoms. The first-order valence-electron chi connectivity index (χ1n) is 8.96. The molecule has 0 aromatic heterocycles. The van der Waals surface area contributed by atoms with E-state index in [2.05, 4.69) is 0 Å². The van der Waals surface area contributed by atoms with Crippen LogP contribution in [0.25, 0.3) is 0 Å².